The van der Waals surface area contributed by atoms with Gasteiger partial charge in [-0.2, -0.15) is 0 Å². The van der Waals surface area contributed by atoms with Crippen molar-refractivity contribution in [2.75, 3.05) is 0 Å². The van der Waals surface area contributed by atoms with Gasteiger partial charge in [-0.1, -0.05) is 43.7 Å². The van der Waals surface area contributed by atoms with Crippen molar-refractivity contribution in [3.8, 4) is 0 Å². The molecule has 3 saturated carbocycles. The number of rotatable bonds is 4. The SMILES string of the molecule is C=C1C(O)CC(=C/C=C2\CCCC3(C)[C@@H](C(C)CC(F)F)CC[C@@H]23)C[C@H]1O. The van der Waals surface area contributed by atoms with Crippen molar-refractivity contribution in [3.05, 3.63) is 35.5 Å². The van der Waals surface area contributed by atoms with E-state index in [0.717, 1.165) is 37.7 Å². The Kier molecular flexibility index (Phi) is 6.27. The fraction of sp³-hybridized carbons (Fsp3) is 0.739. The zero-order valence-electron chi connectivity index (χ0n) is 16.6. The van der Waals surface area contributed by atoms with Gasteiger partial charge in [-0.25, -0.2) is 8.78 Å². The van der Waals surface area contributed by atoms with E-state index in [1.807, 2.05) is 6.92 Å². The Balaban J connectivity index is 1.76. The highest BCUT2D eigenvalue weighted by atomic mass is 19.3. The number of aliphatic hydroxyl groups is 2. The fourth-order valence-corrected chi connectivity index (χ4v) is 6.08. The highest BCUT2D eigenvalue weighted by Gasteiger charge is 2.50. The maximum atomic E-state index is 12.9. The van der Waals surface area contributed by atoms with Crippen molar-refractivity contribution >= 4 is 0 Å². The Morgan fingerprint density at radius 1 is 1.19 bits per heavy atom. The molecule has 3 fully saturated rings. The maximum Gasteiger partial charge on any atom is 0.238 e. The molecular formula is C23H34F2O2. The van der Waals surface area contributed by atoms with Gasteiger partial charge in [0.2, 0.25) is 6.43 Å². The molecule has 2 N–H and O–H groups in total. The lowest BCUT2D eigenvalue weighted by atomic mass is 9.61. The van der Waals surface area contributed by atoms with Crippen LogP contribution < -0.4 is 0 Å². The number of aliphatic hydroxyl groups excluding tert-OH is 2. The van der Waals surface area contributed by atoms with Gasteiger partial charge in [-0.15, -0.1) is 0 Å². The summed E-state index contributed by atoms with van der Waals surface area (Å²) in [5.74, 6) is 0.906. The first-order chi connectivity index (χ1) is 12.7. The van der Waals surface area contributed by atoms with E-state index >= 15 is 0 Å². The van der Waals surface area contributed by atoms with Gasteiger partial charge in [0.05, 0.1) is 12.2 Å². The van der Waals surface area contributed by atoms with E-state index in [0.29, 0.717) is 30.3 Å². The van der Waals surface area contributed by atoms with Gasteiger partial charge >= 0.3 is 0 Å². The number of alkyl halides is 2. The smallest absolute Gasteiger partial charge is 0.238 e. The largest absolute Gasteiger partial charge is 0.388 e. The summed E-state index contributed by atoms with van der Waals surface area (Å²) >= 11 is 0. The molecule has 0 aromatic heterocycles. The van der Waals surface area contributed by atoms with Crippen LogP contribution in [-0.2, 0) is 0 Å². The first-order valence-corrected chi connectivity index (χ1v) is 10.4. The number of hydrogen-bond acceptors (Lipinski definition) is 2. The highest BCUT2D eigenvalue weighted by molar-refractivity contribution is 5.29. The Bertz CT molecular complexity index is 608. The average molecular weight is 381 g/mol. The molecule has 3 aliphatic carbocycles. The van der Waals surface area contributed by atoms with Crippen LogP contribution in [0.25, 0.3) is 0 Å². The molecule has 0 spiro atoms. The minimum Gasteiger partial charge on any atom is -0.388 e. The third-order valence-electron chi connectivity index (χ3n) is 7.57. The number of allylic oxidation sites excluding steroid dienone is 3. The third kappa shape index (κ3) is 4.22. The van der Waals surface area contributed by atoms with E-state index < -0.39 is 18.6 Å². The van der Waals surface area contributed by atoms with Crippen molar-refractivity contribution < 1.29 is 19.0 Å². The van der Waals surface area contributed by atoms with Crippen LogP contribution in [0.5, 0.6) is 0 Å². The van der Waals surface area contributed by atoms with Crippen LogP contribution in [-0.4, -0.2) is 28.8 Å². The van der Waals surface area contributed by atoms with Crippen LogP contribution in [0, 0.1) is 23.2 Å². The standard InChI is InChI=1S/C23H34F2O2/c1-14(11-22(24)25)18-8-9-19-17(5-4-10-23(18,19)3)7-6-16-12-20(26)15(2)21(27)13-16/h6-7,14,18-22,26-27H,2,4-5,8-13H2,1,3H3/b16-6?,17-7+/t14?,18-,19+,20-,21?,23?/m1/s1. The van der Waals surface area contributed by atoms with Crippen molar-refractivity contribution in [3.63, 3.8) is 0 Å². The topological polar surface area (TPSA) is 40.5 Å². The summed E-state index contributed by atoms with van der Waals surface area (Å²) in [4.78, 5) is 0. The lowest BCUT2D eigenvalue weighted by Crippen LogP contribution is -2.36. The lowest BCUT2D eigenvalue weighted by molar-refractivity contribution is 0.0522. The summed E-state index contributed by atoms with van der Waals surface area (Å²) in [5, 5.41) is 20.1. The van der Waals surface area contributed by atoms with Crippen LogP contribution in [0.4, 0.5) is 8.78 Å². The molecule has 3 aliphatic rings. The van der Waals surface area contributed by atoms with Gasteiger partial charge in [0.1, 0.15) is 0 Å². The van der Waals surface area contributed by atoms with E-state index in [2.05, 4.69) is 25.7 Å². The second-order valence-corrected chi connectivity index (χ2v) is 9.28. The second kappa shape index (κ2) is 8.16. The van der Waals surface area contributed by atoms with Crippen LogP contribution >= 0.6 is 0 Å². The molecular weight excluding hydrogens is 346 g/mol. The summed E-state index contributed by atoms with van der Waals surface area (Å²) in [6, 6.07) is 0. The normalized spacial score (nSPS) is 41.4. The van der Waals surface area contributed by atoms with E-state index in [9.17, 15) is 19.0 Å². The Labute approximate surface area is 162 Å². The molecule has 0 aromatic carbocycles. The molecule has 0 heterocycles. The molecule has 0 saturated heterocycles. The van der Waals surface area contributed by atoms with Crippen LogP contribution in [0.3, 0.4) is 0 Å². The van der Waals surface area contributed by atoms with Gasteiger partial charge in [-0.05, 0) is 73.7 Å². The van der Waals surface area contributed by atoms with Crippen molar-refractivity contribution in [1.29, 1.82) is 0 Å². The van der Waals surface area contributed by atoms with Gasteiger partial charge in [-0.3, -0.25) is 0 Å². The molecule has 27 heavy (non-hydrogen) atoms. The van der Waals surface area contributed by atoms with Gasteiger partial charge < -0.3 is 10.2 Å². The second-order valence-electron chi connectivity index (χ2n) is 9.28. The summed E-state index contributed by atoms with van der Waals surface area (Å²) in [6.45, 7) is 8.08. The zero-order valence-corrected chi connectivity index (χ0v) is 16.6. The van der Waals surface area contributed by atoms with Crippen molar-refractivity contribution in [2.24, 2.45) is 23.2 Å². The predicted octanol–water partition coefficient (Wildman–Crippen LogP) is 5.42. The lowest BCUT2D eigenvalue weighted by Gasteiger charge is -2.44. The first kappa shape index (κ1) is 20.7. The highest BCUT2D eigenvalue weighted by Crippen LogP contribution is 2.59. The minimum absolute atomic E-state index is 0.00966. The van der Waals surface area contributed by atoms with Crippen LogP contribution in [0.1, 0.15) is 65.2 Å². The Hall–Kier alpha value is -1.00. The summed E-state index contributed by atoms with van der Waals surface area (Å²) in [7, 11) is 0. The molecule has 3 rings (SSSR count). The molecule has 3 unspecified atom stereocenters. The zero-order chi connectivity index (χ0) is 19.8. The summed E-state index contributed by atoms with van der Waals surface area (Å²) in [5.41, 5.74) is 3.12. The third-order valence-corrected chi connectivity index (χ3v) is 7.57. The van der Waals surface area contributed by atoms with E-state index in [1.165, 1.54) is 5.57 Å². The molecule has 0 aliphatic heterocycles. The minimum atomic E-state index is -2.22. The van der Waals surface area contributed by atoms with Gasteiger partial charge in [0, 0.05) is 6.42 Å². The molecule has 0 amide bonds. The molecule has 2 nitrogen and oxygen atoms in total. The van der Waals surface area contributed by atoms with Gasteiger partial charge in [0.25, 0.3) is 0 Å². The molecule has 6 atom stereocenters. The first-order valence-electron chi connectivity index (χ1n) is 10.4. The van der Waals surface area contributed by atoms with E-state index in [1.54, 1.807) is 0 Å². The van der Waals surface area contributed by atoms with E-state index in [4.69, 9.17) is 0 Å². The predicted molar refractivity (Wildman–Crippen MR) is 105 cm³/mol. The molecule has 0 bridgehead atoms. The maximum absolute atomic E-state index is 12.9. The number of hydrogen-bond donors (Lipinski definition) is 2. The molecule has 0 aromatic rings. The summed E-state index contributed by atoms with van der Waals surface area (Å²) < 4.78 is 25.8. The Morgan fingerprint density at radius 3 is 2.48 bits per heavy atom. The number of halogens is 2. The fourth-order valence-electron chi connectivity index (χ4n) is 6.08. The molecule has 152 valence electrons. The van der Waals surface area contributed by atoms with Crippen LogP contribution in [0.15, 0.2) is 35.5 Å². The molecule has 0 radical (unpaired) electrons. The summed E-state index contributed by atoms with van der Waals surface area (Å²) in [6.07, 6.45) is 7.25. The van der Waals surface area contributed by atoms with Crippen molar-refractivity contribution in [2.45, 2.75) is 83.8 Å². The van der Waals surface area contributed by atoms with Crippen molar-refractivity contribution in [1.82, 2.24) is 0 Å². The monoisotopic (exact) mass is 380 g/mol. The van der Waals surface area contributed by atoms with Crippen LogP contribution in [0.2, 0.25) is 0 Å². The van der Waals surface area contributed by atoms with Gasteiger partial charge in [0.15, 0.2) is 0 Å². The Morgan fingerprint density at radius 2 is 1.85 bits per heavy atom. The molecule has 4 heteroatoms. The number of fused-ring (bicyclic) bond motifs is 1. The average Bonchev–Trinajstić information content (AvgIpc) is 2.94. The quantitative estimate of drug-likeness (QED) is 0.640. The van der Waals surface area contributed by atoms with E-state index in [-0.39, 0.29) is 17.8 Å².